The van der Waals surface area contributed by atoms with Crippen molar-refractivity contribution >= 4 is 33.7 Å². The Balaban J connectivity index is 1.81. The molecule has 0 saturated heterocycles. The maximum Gasteiger partial charge on any atom is 0.255 e. The summed E-state index contributed by atoms with van der Waals surface area (Å²) >= 11 is 5.86. The fourth-order valence-corrected chi connectivity index (χ4v) is 4.44. The number of sulfonamides is 1. The Morgan fingerprint density at radius 1 is 1.09 bits per heavy atom. The third-order valence-corrected chi connectivity index (χ3v) is 6.67. The van der Waals surface area contributed by atoms with Crippen molar-refractivity contribution in [2.24, 2.45) is 5.10 Å². The predicted octanol–water partition coefficient (Wildman–Crippen LogP) is 3.83. The van der Waals surface area contributed by atoms with E-state index in [1.54, 1.807) is 30.3 Å². The summed E-state index contributed by atoms with van der Waals surface area (Å²) in [5.74, 6) is -0.722. The van der Waals surface area contributed by atoms with E-state index in [0.29, 0.717) is 16.3 Å². The van der Waals surface area contributed by atoms with Crippen LogP contribution in [0.2, 0.25) is 5.02 Å². The summed E-state index contributed by atoms with van der Waals surface area (Å²) in [6.45, 7) is -0.927. The van der Waals surface area contributed by atoms with Crippen LogP contribution >= 0.6 is 11.6 Å². The van der Waals surface area contributed by atoms with Crippen molar-refractivity contribution in [1.29, 1.82) is 0 Å². The van der Waals surface area contributed by atoms with Gasteiger partial charge in [-0.05, 0) is 42.5 Å². The van der Waals surface area contributed by atoms with Gasteiger partial charge in [0.2, 0.25) is 10.0 Å². The number of nitrogens with one attached hydrogen (secondary N) is 1. The number of para-hydroxylation sites is 1. The lowest BCUT2D eigenvalue weighted by atomic mass is 10.2. The molecule has 3 rings (SSSR count). The van der Waals surface area contributed by atoms with Crippen LogP contribution in [0.4, 0.5) is 4.39 Å². The fraction of sp³-hybridized carbons (Fsp3) is 0.130. The average Bonchev–Trinajstić information content (AvgIpc) is 2.80. The molecule has 0 fully saturated rings. The van der Waals surface area contributed by atoms with Crippen LogP contribution in [0.5, 0.6) is 5.75 Å². The summed E-state index contributed by atoms with van der Waals surface area (Å²) in [5, 5.41) is 4.24. The SMILES string of the molecule is COc1ccccc1/C=N\NC(=O)CN(Cc1ccccc1F)S(=O)(=O)c1ccc(Cl)cc1. The Hall–Kier alpha value is -3.27. The van der Waals surface area contributed by atoms with E-state index in [9.17, 15) is 17.6 Å². The topological polar surface area (TPSA) is 88.1 Å². The number of hydrazone groups is 1. The highest BCUT2D eigenvalue weighted by Crippen LogP contribution is 2.21. The molecule has 0 spiro atoms. The van der Waals surface area contributed by atoms with Crippen molar-refractivity contribution in [3.05, 3.63) is 94.8 Å². The van der Waals surface area contributed by atoms with E-state index in [0.717, 1.165) is 4.31 Å². The van der Waals surface area contributed by atoms with Gasteiger partial charge in [0.25, 0.3) is 5.91 Å². The van der Waals surface area contributed by atoms with E-state index in [2.05, 4.69) is 10.5 Å². The Bertz CT molecular complexity index is 1250. The minimum Gasteiger partial charge on any atom is -0.496 e. The highest BCUT2D eigenvalue weighted by molar-refractivity contribution is 7.89. The van der Waals surface area contributed by atoms with E-state index >= 15 is 0 Å². The first-order valence-electron chi connectivity index (χ1n) is 9.75. The molecule has 0 aromatic heterocycles. The summed E-state index contributed by atoms with van der Waals surface area (Å²) in [5.41, 5.74) is 3.05. The van der Waals surface area contributed by atoms with Crippen molar-refractivity contribution in [3.8, 4) is 5.75 Å². The third kappa shape index (κ3) is 6.38. The van der Waals surface area contributed by atoms with Gasteiger partial charge in [-0.25, -0.2) is 18.2 Å². The molecule has 0 saturated carbocycles. The van der Waals surface area contributed by atoms with Gasteiger partial charge in [0.05, 0.1) is 24.8 Å². The Kier molecular flexibility index (Phi) is 8.16. The second-order valence-corrected chi connectivity index (χ2v) is 9.23. The van der Waals surface area contributed by atoms with Crippen LogP contribution in [-0.4, -0.2) is 38.5 Å². The number of rotatable bonds is 9. The fourth-order valence-electron chi connectivity index (χ4n) is 2.94. The maximum atomic E-state index is 14.2. The summed E-state index contributed by atoms with van der Waals surface area (Å²) in [6.07, 6.45) is 1.38. The molecule has 0 unspecified atom stereocenters. The van der Waals surface area contributed by atoms with E-state index in [1.807, 2.05) is 0 Å². The minimum atomic E-state index is -4.14. The van der Waals surface area contributed by atoms with Gasteiger partial charge in [-0.1, -0.05) is 41.9 Å². The number of carbonyl (C=O) groups is 1. The van der Waals surface area contributed by atoms with E-state index in [4.69, 9.17) is 16.3 Å². The van der Waals surface area contributed by atoms with Crippen LogP contribution in [0.1, 0.15) is 11.1 Å². The van der Waals surface area contributed by atoms with Crippen LogP contribution < -0.4 is 10.2 Å². The molecule has 0 radical (unpaired) electrons. The number of carbonyl (C=O) groups excluding carboxylic acids is 1. The maximum absolute atomic E-state index is 14.2. The van der Waals surface area contributed by atoms with Gasteiger partial charge in [0.1, 0.15) is 11.6 Å². The zero-order valence-corrected chi connectivity index (χ0v) is 19.2. The number of benzene rings is 3. The second kappa shape index (κ2) is 11.0. The molecule has 33 heavy (non-hydrogen) atoms. The van der Waals surface area contributed by atoms with Gasteiger partial charge in [0.15, 0.2) is 0 Å². The third-order valence-electron chi connectivity index (χ3n) is 4.61. The minimum absolute atomic E-state index is 0.0754. The number of nitrogens with zero attached hydrogens (tertiary/aromatic N) is 2. The molecule has 0 aliphatic heterocycles. The number of amides is 1. The van der Waals surface area contributed by atoms with Gasteiger partial charge in [-0.2, -0.15) is 9.41 Å². The van der Waals surface area contributed by atoms with Crippen LogP contribution in [0.25, 0.3) is 0 Å². The van der Waals surface area contributed by atoms with E-state index in [-0.39, 0.29) is 17.0 Å². The molecule has 1 amide bonds. The molecular formula is C23H21ClFN3O4S. The van der Waals surface area contributed by atoms with Gasteiger partial charge >= 0.3 is 0 Å². The number of halogens is 2. The van der Waals surface area contributed by atoms with Crippen molar-refractivity contribution in [2.45, 2.75) is 11.4 Å². The summed E-state index contributed by atoms with van der Waals surface area (Å²) in [6, 6.07) is 18.3. The Labute approximate surface area is 196 Å². The van der Waals surface area contributed by atoms with Crippen molar-refractivity contribution in [2.75, 3.05) is 13.7 Å². The summed E-state index contributed by atoms with van der Waals surface area (Å²) in [4.78, 5) is 12.5. The monoisotopic (exact) mass is 489 g/mol. The largest absolute Gasteiger partial charge is 0.496 e. The molecule has 3 aromatic rings. The first-order chi connectivity index (χ1) is 15.8. The quantitative estimate of drug-likeness (QED) is 0.365. The first-order valence-corrected chi connectivity index (χ1v) is 11.6. The molecule has 0 bridgehead atoms. The van der Waals surface area contributed by atoms with Gasteiger partial charge < -0.3 is 4.74 Å². The summed E-state index contributed by atoms with van der Waals surface area (Å²) < 4.78 is 46.7. The molecule has 7 nitrogen and oxygen atoms in total. The highest BCUT2D eigenvalue weighted by Gasteiger charge is 2.27. The van der Waals surface area contributed by atoms with Crippen LogP contribution in [0, 0.1) is 5.82 Å². The Morgan fingerprint density at radius 3 is 2.45 bits per heavy atom. The molecule has 0 heterocycles. The smallest absolute Gasteiger partial charge is 0.255 e. The van der Waals surface area contributed by atoms with Crippen molar-refractivity contribution < 1.29 is 22.3 Å². The number of hydrogen-bond donors (Lipinski definition) is 1. The summed E-state index contributed by atoms with van der Waals surface area (Å²) in [7, 11) is -2.63. The second-order valence-electron chi connectivity index (χ2n) is 6.85. The normalized spacial score (nSPS) is 11.6. The van der Waals surface area contributed by atoms with Gasteiger partial charge in [-0.15, -0.1) is 0 Å². The van der Waals surface area contributed by atoms with Crippen LogP contribution in [0.3, 0.4) is 0 Å². The van der Waals surface area contributed by atoms with Crippen molar-refractivity contribution in [1.82, 2.24) is 9.73 Å². The highest BCUT2D eigenvalue weighted by atomic mass is 35.5. The lowest BCUT2D eigenvalue weighted by Gasteiger charge is -2.21. The molecule has 3 aromatic carbocycles. The lowest BCUT2D eigenvalue weighted by Crippen LogP contribution is -2.39. The molecule has 0 atom stereocenters. The molecule has 10 heteroatoms. The number of hydrogen-bond acceptors (Lipinski definition) is 5. The molecular weight excluding hydrogens is 469 g/mol. The number of methoxy groups -OCH3 is 1. The average molecular weight is 490 g/mol. The molecule has 0 aliphatic rings. The van der Waals surface area contributed by atoms with Gasteiger partial charge in [0, 0.05) is 22.7 Å². The predicted molar refractivity (Wildman–Crippen MR) is 124 cm³/mol. The van der Waals surface area contributed by atoms with Crippen molar-refractivity contribution in [3.63, 3.8) is 0 Å². The molecule has 0 aliphatic carbocycles. The molecule has 172 valence electrons. The standard InChI is InChI=1S/C23H21ClFN3O4S/c1-32-22-9-5-3-6-17(22)14-26-27-23(29)16-28(15-18-7-2-4-8-21(18)25)33(30,31)20-12-10-19(24)11-13-20/h2-14H,15-16H2,1H3,(H,27,29)/b26-14-. The van der Waals surface area contributed by atoms with E-state index in [1.165, 1.54) is 55.8 Å². The Morgan fingerprint density at radius 2 is 1.76 bits per heavy atom. The van der Waals surface area contributed by atoms with E-state index < -0.39 is 28.3 Å². The van der Waals surface area contributed by atoms with Crippen LogP contribution in [-0.2, 0) is 21.4 Å². The first kappa shape index (κ1) is 24.4. The zero-order valence-electron chi connectivity index (χ0n) is 17.6. The lowest BCUT2D eigenvalue weighted by molar-refractivity contribution is -0.121. The zero-order chi connectivity index (χ0) is 23.8. The van der Waals surface area contributed by atoms with Crippen LogP contribution in [0.15, 0.2) is 82.8 Å². The molecule has 1 N–H and O–H groups in total. The van der Waals surface area contributed by atoms with Gasteiger partial charge in [-0.3, -0.25) is 4.79 Å². The number of ether oxygens (including phenoxy) is 1.